The van der Waals surface area contributed by atoms with Crippen molar-refractivity contribution in [2.24, 2.45) is 0 Å². The van der Waals surface area contributed by atoms with Gasteiger partial charge in [-0.25, -0.2) is 0 Å². The SMILES string of the molecule is CCCC[Si](OC1CCNCC1)(c1ccccc1)c1ccccc1C(C)(C)C. The van der Waals surface area contributed by atoms with Crippen molar-refractivity contribution in [3.8, 4) is 0 Å². The van der Waals surface area contributed by atoms with Crippen LogP contribution in [0.4, 0.5) is 0 Å². The molecular weight excluding hydrogens is 358 g/mol. The van der Waals surface area contributed by atoms with Crippen LogP contribution < -0.4 is 15.7 Å². The zero-order chi connectivity index (χ0) is 20.0. The van der Waals surface area contributed by atoms with Gasteiger partial charge in [-0.05, 0) is 53.3 Å². The van der Waals surface area contributed by atoms with E-state index in [2.05, 4.69) is 87.6 Å². The van der Waals surface area contributed by atoms with E-state index in [0.717, 1.165) is 32.0 Å². The van der Waals surface area contributed by atoms with Crippen LogP contribution in [0.2, 0.25) is 6.04 Å². The standard InChI is InChI=1S/C25H37NOSi/c1-5-6-20-28(22-12-8-7-9-13-22,27-21-16-18-26-19-17-21)24-15-11-10-14-23(24)25(2,3)4/h7-15,21,26H,5-6,16-20H2,1-4H3. The van der Waals surface area contributed by atoms with E-state index in [9.17, 15) is 0 Å². The first-order valence-corrected chi connectivity index (χ1v) is 13.1. The Morgan fingerprint density at radius 1 is 0.964 bits per heavy atom. The zero-order valence-corrected chi connectivity index (χ0v) is 19.1. The summed E-state index contributed by atoms with van der Waals surface area (Å²) in [5, 5.41) is 6.41. The topological polar surface area (TPSA) is 21.3 Å². The van der Waals surface area contributed by atoms with Crippen molar-refractivity contribution >= 4 is 18.7 Å². The van der Waals surface area contributed by atoms with Gasteiger partial charge in [-0.2, -0.15) is 0 Å². The lowest BCUT2D eigenvalue weighted by Gasteiger charge is -2.40. The van der Waals surface area contributed by atoms with Gasteiger partial charge >= 0.3 is 0 Å². The van der Waals surface area contributed by atoms with Crippen LogP contribution in [0, 0.1) is 0 Å². The summed E-state index contributed by atoms with van der Waals surface area (Å²) in [6, 6.07) is 21.4. The maximum Gasteiger partial charge on any atom is 0.256 e. The molecule has 0 saturated carbocycles. The molecule has 1 aliphatic heterocycles. The van der Waals surface area contributed by atoms with Crippen LogP contribution >= 0.6 is 0 Å². The molecule has 1 aliphatic rings. The molecule has 2 aromatic carbocycles. The normalized spacial score (nSPS) is 18.0. The van der Waals surface area contributed by atoms with E-state index in [-0.39, 0.29) is 5.41 Å². The molecule has 1 heterocycles. The van der Waals surface area contributed by atoms with E-state index in [1.807, 2.05) is 0 Å². The van der Waals surface area contributed by atoms with Gasteiger partial charge < -0.3 is 9.74 Å². The van der Waals surface area contributed by atoms with E-state index in [4.69, 9.17) is 4.43 Å². The van der Waals surface area contributed by atoms with E-state index in [0.29, 0.717) is 6.10 Å². The van der Waals surface area contributed by atoms with Crippen LogP contribution in [-0.2, 0) is 9.84 Å². The van der Waals surface area contributed by atoms with Gasteiger partial charge in [0.05, 0.1) is 0 Å². The molecular formula is C25H37NOSi. The van der Waals surface area contributed by atoms with Crippen molar-refractivity contribution in [1.82, 2.24) is 5.32 Å². The number of nitrogens with one attached hydrogen (secondary N) is 1. The summed E-state index contributed by atoms with van der Waals surface area (Å²) < 4.78 is 7.29. The van der Waals surface area contributed by atoms with Crippen molar-refractivity contribution < 1.29 is 4.43 Å². The molecule has 1 N–H and O–H groups in total. The molecule has 28 heavy (non-hydrogen) atoms. The van der Waals surface area contributed by atoms with E-state index >= 15 is 0 Å². The fourth-order valence-corrected chi connectivity index (χ4v) is 9.34. The zero-order valence-electron chi connectivity index (χ0n) is 18.1. The van der Waals surface area contributed by atoms with E-state index in [1.54, 1.807) is 0 Å². The molecule has 0 radical (unpaired) electrons. The summed E-state index contributed by atoms with van der Waals surface area (Å²) in [6.45, 7) is 11.4. The van der Waals surface area contributed by atoms with Crippen molar-refractivity contribution in [3.63, 3.8) is 0 Å². The van der Waals surface area contributed by atoms with Crippen LogP contribution in [0.3, 0.4) is 0 Å². The van der Waals surface area contributed by atoms with Crippen LogP contribution in [0.1, 0.15) is 58.9 Å². The summed E-state index contributed by atoms with van der Waals surface area (Å²) in [6.07, 6.45) is 5.01. The number of benzene rings is 2. The molecule has 0 aromatic heterocycles. The highest BCUT2D eigenvalue weighted by atomic mass is 28.4. The van der Waals surface area contributed by atoms with Gasteiger partial charge in [0.15, 0.2) is 0 Å². The number of unbranched alkanes of at least 4 members (excludes halogenated alkanes) is 1. The van der Waals surface area contributed by atoms with Gasteiger partial charge in [-0.15, -0.1) is 0 Å². The molecule has 0 amide bonds. The largest absolute Gasteiger partial charge is 0.405 e. The fourth-order valence-electron chi connectivity index (χ4n) is 4.45. The quantitative estimate of drug-likeness (QED) is 0.691. The number of hydrogen-bond acceptors (Lipinski definition) is 2. The Balaban J connectivity index is 2.17. The van der Waals surface area contributed by atoms with Crippen LogP contribution in [0.5, 0.6) is 0 Å². The lowest BCUT2D eigenvalue weighted by molar-refractivity contribution is 0.157. The Labute approximate surface area is 172 Å². The minimum atomic E-state index is -2.34. The lowest BCUT2D eigenvalue weighted by atomic mass is 9.87. The molecule has 0 spiro atoms. The summed E-state index contributed by atoms with van der Waals surface area (Å²) in [4.78, 5) is 0. The first-order chi connectivity index (χ1) is 13.5. The summed E-state index contributed by atoms with van der Waals surface area (Å²) in [7, 11) is -2.34. The maximum absolute atomic E-state index is 7.29. The third-order valence-electron chi connectivity index (χ3n) is 5.95. The molecule has 2 nitrogen and oxygen atoms in total. The minimum Gasteiger partial charge on any atom is -0.405 e. The monoisotopic (exact) mass is 395 g/mol. The van der Waals surface area contributed by atoms with Crippen LogP contribution in [0.15, 0.2) is 54.6 Å². The first-order valence-electron chi connectivity index (χ1n) is 11.0. The molecule has 1 saturated heterocycles. The number of rotatable bonds is 7. The molecule has 0 aliphatic carbocycles. The lowest BCUT2D eigenvalue weighted by Crippen LogP contribution is -2.64. The van der Waals surface area contributed by atoms with Gasteiger partial charge in [-0.3, -0.25) is 0 Å². The smallest absolute Gasteiger partial charge is 0.256 e. The highest BCUT2D eigenvalue weighted by molar-refractivity contribution is 6.97. The van der Waals surface area contributed by atoms with E-state index < -0.39 is 8.32 Å². The minimum absolute atomic E-state index is 0.104. The second-order valence-electron chi connectivity index (χ2n) is 9.16. The molecule has 1 unspecified atom stereocenters. The molecule has 152 valence electrons. The van der Waals surface area contributed by atoms with Gasteiger partial charge in [0.1, 0.15) is 0 Å². The van der Waals surface area contributed by atoms with Gasteiger partial charge in [0.2, 0.25) is 0 Å². The van der Waals surface area contributed by atoms with Crippen LogP contribution in [-0.4, -0.2) is 27.5 Å². The Kier molecular flexibility index (Phi) is 7.13. The van der Waals surface area contributed by atoms with Gasteiger partial charge in [-0.1, -0.05) is 95.1 Å². The third kappa shape index (κ3) is 4.76. The molecule has 1 atom stereocenters. The molecule has 0 bridgehead atoms. The maximum atomic E-state index is 7.29. The average Bonchev–Trinajstić information content (AvgIpc) is 2.72. The van der Waals surface area contributed by atoms with Gasteiger partial charge in [0.25, 0.3) is 8.32 Å². The second kappa shape index (κ2) is 9.38. The summed E-state index contributed by atoms with van der Waals surface area (Å²) >= 11 is 0. The van der Waals surface area contributed by atoms with Crippen LogP contribution in [0.25, 0.3) is 0 Å². The fraction of sp³-hybridized carbons (Fsp3) is 0.520. The first kappa shape index (κ1) is 21.3. The number of piperidine rings is 1. The Morgan fingerprint density at radius 3 is 2.25 bits per heavy atom. The Morgan fingerprint density at radius 2 is 1.61 bits per heavy atom. The van der Waals surface area contributed by atoms with Gasteiger partial charge in [0, 0.05) is 6.10 Å². The van der Waals surface area contributed by atoms with Crippen molar-refractivity contribution in [2.75, 3.05) is 13.1 Å². The number of hydrogen-bond donors (Lipinski definition) is 1. The summed E-state index contributed by atoms with van der Waals surface area (Å²) in [5.41, 5.74) is 1.56. The molecule has 3 rings (SSSR count). The highest BCUT2D eigenvalue weighted by Crippen LogP contribution is 2.28. The average molecular weight is 396 g/mol. The van der Waals surface area contributed by atoms with Crippen molar-refractivity contribution in [2.45, 2.75) is 70.9 Å². The highest BCUT2D eigenvalue weighted by Gasteiger charge is 2.43. The second-order valence-corrected chi connectivity index (χ2v) is 12.7. The van der Waals surface area contributed by atoms with E-state index in [1.165, 1.54) is 28.8 Å². The molecule has 3 heteroatoms. The Bertz CT molecular complexity index is 734. The molecule has 2 aromatic rings. The Hall–Kier alpha value is -1.42. The van der Waals surface area contributed by atoms with Crippen molar-refractivity contribution in [1.29, 1.82) is 0 Å². The summed E-state index contributed by atoms with van der Waals surface area (Å²) in [5.74, 6) is 0. The predicted molar refractivity (Wildman–Crippen MR) is 123 cm³/mol. The predicted octanol–water partition coefficient (Wildman–Crippen LogP) is 4.61. The third-order valence-corrected chi connectivity index (χ3v) is 10.3. The van der Waals surface area contributed by atoms with Crippen molar-refractivity contribution in [3.05, 3.63) is 60.2 Å². The molecule has 1 fully saturated rings.